The van der Waals surface area contributed by atoms with Gasteiger partial charge in [0.05, 0.1) is 18.7 Å². The molecule has 0 radical (unpaired) electrons. The van der Waals surface area contributed by atoms with Gasteiger partial charge in [-0.2, -0.15) is 0 Å². The molecule has 2 heterocycles. The molecular formula is C9H15N5O. The third-order valence-electron chi connectivity index (χ3n) is 3.25. The van der Waals surface area contributed by atoms with Crippen molar-refractivity contribution in [2.45, 2.75) is 38.0 Å². The van der Waals surface area contributed by atoms with Crippen LogP contribution < -0.4 is 5.73 Å². The molecular weight excluding hydrogens is 194 g/mol. The fraction of sp³-hybridized carbons (Fsp3) is 0.889. The molecule has 6 nitrogen and oxygen atoms in total. The Morgan fingerprint density at radius 1 is 1.40 bits per heavy atom. The van der Waals surface area contributed by atoms with Crippen LogP contribution in [0.5, 0.6) is 0 Å². The fourth-order valence-electron chi connectivity index (χ4n) is 2.34. The number of nitrogens with two attached hydrogens (primary N) is 1. The van der Waals surface area contributed by atoms with Crippen LogP contribution in [0.1, 0.15) is 31.1 Å². The Hall–Kier alpha value is -1.01. The van der Waals surface area contributed by atoms with Gasteiger partial charge >= 0.3 is 0 Å². The highest BCUT2D eigenvalue weighted by Crippen LogP contribution is 2.43. The van der Waals surface area contributed by atoms with Gasteiger partial charge in [-0.15, -0.1) is 5.10 Å². The van der Waals surface area contributed by atoms with Crippen LogP contribution >= 0.6 is 0 Å². The number of ether oxygens (including phenoxy) is 1. The van der Waals surface area contributed by atoms with E-state index >= 15 is 0 Å². The van der Waals surface area contributed by atoms with Gasteiger partial charge < -0.3 is 10.5 Å². The summed E-state index contributed by atoms with van der Waals surface area (Å²) in [5.74, 6) is 1.48. The smallest absolute Gasteiger partial charge is 0.165 e. The number of rotatable bonds is 3. The van der Waals surface area contributed by atoms with E-state index in [2.05, 4.69) is 15.5 Å². The Labute approximate surface area is 87.8 Å². The lowest BCUT2D eigenvalue weighted by atomic mass is 10.1. The molecule has 0 aromatic carbocycles. The van der Waals surface area contributed by atoms with Crippen molar-refractivity contribution in [3.63, 3.8) is 0 Å². The Morgan fingerprint density at radius 3 is 3.00 bits per heavy atom. The van der Waals surface area contributed by atoms with Crippen molar-refractivity contribution < 1.29 is 4.74 Å². The van der Waals surface area contributed by atoms with Crippen molar-refractivity contribution >= 4 is 0 Å². The Morgan fingerprint density at radius 2 is 2.27 bits per heavy atom. The zero-order chi connectivity index (χ0) is 10.3. The van der Waals surface area contributed by atoms with Gasteiger partial charge in [0, 0.05) is 6.61 Å². The lowest BCUT2D eigenvalue weighted by Gasteiger charge is -2.18. The van der Waals surface area contributed by atoms with Gasteiger partial charge in [-0.3, -0.25) is 0 Å². The van der Waals surface area contributed by atoms with E-state index in [0.717, 1.165) is 18.9 Å². The number of aromatic nitrogens is 4. The van der Waals surface area contributed by atoms with Crippen molar-refractivity contribution in [2.75, 3.05) is 6.61 Å². The summed E-state index contributed by atoms with van der Waals surface area (Å²) in [6.45, 7) is 1.20. The summed E-state index contributed by atoms with van der Waals surface area (Å²) in [4.78, 5) is 0. The molecule has 6 heteroatoms. The molecule has 2 N–H and O–H groups in total. The van der Waals surface area contributed by atoms with Gasteiger partial charge in [0.15, 0.2) is 5.82 Å². The van der Waals surface area contributed by atoms with Crippen LogP contribution in [-0.4, -0.2) is 32.9 Å². The Kier molecular flexibility index (Phi) is 2.17. The van der Waals surface area contributed by atoms with Crippen LogP contribution in [0.4, 0.5) is 0 Å². The van der Waals surface area contributed by atoms with Crippen molar-refractivity contribution in [3.8, 4) is 0 Å². The van der Waals surface area contributed by atoms with Crippen LogP contribution in [0.15, 0.2) is 0 Å². The van der Waals surface area contributed by atoms with Gasteiger partial charge in [-0.1, -0.05) is 0 Å². The number of nitrogens with zero attached hydrogens (tertiary/aromatic N) is 4. The summed E-state index contributed by atoms with van der Waals surface area (Å²) in [5.41, 5.74) is 5.60. The SMILES string of the molecule is NCc1nnnn1C1CCOC1C1CC1. The van der Waals surface area contributed by atoms with Crippen molar-refractivity contribution in [1.29, 1.82) is 0 Å². The lowest BCUT2D eigenvalue weighted by Crippen LogP contribution is -2.25. The summed E-state index contributed by atoms with van der Waals surface area (Å²) in [6, 6.07) is 0.297. The topological polar surface area (TPSA) is 78.9 Å². The van der Waals surface area contributed by atoms with E-state index in [0.29, 0.717) is 24.6 Å². The van der Waals surface area contributed by atoms with E-state index < -0.39 is 0 Å². The predicted octanol–water partition coefficient (Wildman–Crippen LogP) is -0.128. The average molecular weight is 209 g/mol. The second-order valence-corrected chi connectivity index (χ2v) is 4.27. The number of hydrogen-bond donors (Lipinski definition) is 1. The standard InChI is InChI=1S/C9H15N5O/c10-5-8-11-12-13-14(8)7-3-4-15-9(7)6-1-2-6/h6-7,9H,1-5,10H2. The average Bonchev–Trinajstić information content (AvgIpc) is 2.83. The minimum absolute atomic E-state index is 0.297. The first-order valence-corrected chi connectivity index (χ1v) is 5.48. The van der Waals surface area contributed by atoms with Gasteiger partial charge in [0.1, 0.15) is 0 Å². The van der Waals surface area contributed by atoms with E-state index in [1.807, 2.05) is 4.68 Å². The Balaban J connectivity index is 1.85. The van der Waals surface area contributed by atoms with Gasteiger partial charge in [-0.05, 0) is 35.6 Å². The zero-order valence-corrected chi connectivity index (χ0v) is 8.54. The van der Waals surface area contributed by atoms with Crippen LogP contribution in [0.2, 0.25) is 0 Å². The summed E-state index contributed by atoms with van der Waals surface area (Å²) >= 11 is 0. The molecule has 3 rings (SSSR count). The van der Waals surface area contributed by atoms with Crippen LogP contribution in [-0.2, 0) is 11.3 Å². The number of tetrazole rings is 1. The second-order valence-electron chi connectivity index (χ2n) is 4.27. The molecule has 1 saturated carbocycles. The summed E-state index contributed by atoms with van der Waals surface area (Å²) in [6.07, 6.45) is 3.86. The molecule has 2 unspecified atom stereocenters. The molecule has 82 valence electrons. The van der Waals surface area contributed by atoms with Crippen molar-refractivity contribution in [3.05, 3.63) is 5.82 Å². The first-order chi connectivity index (χ1) is 7.40. The lowest BCUT2D eigenvalue weighted by molar-refractivity contribution is 0.0715. The van der Waals surface area contributed by atoms with Gasteiger partial charge in [0.25, 0.3) is 0 Å². The summed E-state index contributed by atoms with van der Waals surface area (Å²) in [7, 11) is 0. The first-order valence-electron chi connectivity index (χ1n) is 5.48. The van der Waals surface area contributed by atoms with Gasteiger partial charge in [-0.25, -0.2) is 4.68 Å². The van der Waals surface area contributed by atoms with Crippen LogP contribution in [0, 0.1) is 5.92 Å². The molecule has 0 spiro atoms. The summed E-state index contributed by atoms with van der Waals surface area (Å²) in [5, 5.41) is 11.6. The van der Waals surface area contributed by atoms with Crippen molar-refractivity contribution in [1.82, 2.24) is 20.2 Å². The van der Waals surface area contributed by atoms with E-state index in [-0.39, 0.29) is 0 Å². The highest BCUT2D eigenvalue weighted by Gasteiger charge is 2.42. The normalized spacial score (nSPS) is 31.0. The fourth-order valence-corrected chi connectivity index (χ4v) is 2.34. The molecule has 2 atom stereocenters. The van der Waals surface area contributed by atoms with E-state index in [1.165, 1.54) is 12.8 Å². The van der Waals surface area contributed by atoms with E-state index in [4.69, 9.17) is 10.5 Å². The maximum Gasteiger partial charge on any atom is 0.165 e. The predicted molar refractivity (Wildman–Crippen MR) is 51.8 cm³/mol. The summed E-state index contributed by atoms with van der Waals surface area (Å²) < 4.78 is 7.61. The molecule has 1 aromatic heterocycles. The quantitative estimate of drug-likeness (QED) is 0.750. The largest absolute Gasteiger partial charge is 0.376 e. The van der Waals surface area contributed by atoms with Crippen molar-refractivity contribution in [2.24, 2.45) is 11.7 Å². The van der Waals surface area contributed by atoms with Crippen LogP contribution in [0.3, 0.4) is 0 Å². The van der Waals surface area contributed by atoms with Crippen LogP contribution in [0.25, 0.3) is 0 Å². The maximum atomic E-state index is 5.76. The molecule has 0 bridgehead atoms. The van der Waals surface area contributed by atoms with E-state index in [1.54, 1.807) is 0 Å². The zero-order valence-electron chi connectivity index (χ0n) is 8.54. The molecule has 1 saturated heterocycles. The first kappa shape index (κ1) is 9.23. The third kappa shape index (κ3) is 1.53. The molecule has 0 amide bonds. The molecule has 1 aliphatic carbocycles. The van der Waals surface area contributed by atoms with Gasteiger partial charge in [0.2, 0.25) is 0 Å². The molecule has 2 aliphatic rings. The highest BCUT2D eigenvalue weighted by molar-refractivity contribution is 4.95. The molecule has 1 aliphatic heterocycles. The monoisotopic (exact) mass is 209 g/mol. The highest BCUT2D eigenvalue weighted by atomic mass is 16.5. The number of hydrogen-bond acceptors (Lipinski definition) is 5. The minimum Gasteiger partial charge on any atom is -0.376 e. The molecule has 1 aromatic rings. The molecule has 2 fully saturated rings. The van der Waals surface area contributed by atoms with E-state index in [9.17, 15) is 0 Å². The maximum absolute atomic E-state index is 5.76. The molecule has 15 heavy (non-hydrogen) atoms. The Bertz CT molecular complexity index is 348. The minimum atomic E-state index is 0.297. The second kappa shape index (κ2) is 3.53. The third-order valence-corrected chi connectivity index (χ3v) is 3.25.